The van der Waals surface area contributed by atoms with Gasteiger partial charge in [0.05, 0.1) is 0 Å². The van der Waals surface area contributed by atoms with Gasteiger partial charge in [-0.05, 0) is 37.1 Å². The summed E-state index contributed by atoms with van der Waals surface area (Å²) in [5.41, 5.74) is 7.14. The second-order valence-electron chi connectivity index (χ2n) is 5.54. The van der Waals surface area contributed by atoms with Crippen molar-refractivity contribution >= 4 is 0 Å². The Morgan fingerprint density at radius 3 is 2.68 bits per heavy atom. The van der Waals surface area contributed by atoms with Crippen molar-refractivity contribution in [3.05, 3.63) is 35.6 Å². The van der Waals surface area contributed by atoms with Gasteiger partial charge in [-0.1, -0.05) is 38.3 Å². The van der Waals surface area contributed by atoms with Gasteiger partial charge in [-0.15, -0.1) is 0 Å². The Balaban J connectivity index is 1.97. The van der Waals surface area contributed by atoms with Gasteiger partial charge in [-0.25, -0.2) is 4.39 Å². The van der Waals surface area contributed by atoms with Crippen molar-refractivity contribution in [1.82, 2.24) is 4.90 Å². The first-order chi connectivity index (χ1) is 9.20. The fourth-order valence-corrected chi connectivity index (χ4v) is 3.08. The minimum absolute atomic E-state index is 0.0995. The first kappa shape index (κ1) is 14.5. The highest BCUT2D eigenvalue weighted by molar-refractivity contribution is 5.20. The molecule has 0 heterocycles. The van der Waals surface area contributed by atoms with Gasteiger partial charge in [-0.2, -0.15) is 0 Å². The first-order valence-electron chi connectivity index (χ1n) is 7.45. The number of benzene rings is 1. The molecule has 3 heteroatoms. The molecule has 0 amide bonds. The minimum atomic E-state index is -0.200. The SMILES string of the molecule is CCN(CC(N)c1cccc(F)c1)C1CCCCC1. The van der Waals surface area contributed by atoms with Crippen molar-refractivity contribution in [2.45, 2.75) is 51.1 Å². The van der Waals surface area contributed by atoms with E-state index in [1.165, 1.54) is 38.2 Å². The third-order valence-electron chi connectivity index (χ3n) is 4.21. The van der Waals surface area contributed by atoms with Crippen LogP contribution in [0, 0.1) is 5.82 Å². The van der Waals surface area contributed by atoms with E-state index in [-0.39, 0.29) is 11.9 Å². The topological polar surface area (TPSA) is 29.3 Å². The summed E-state index contributed by atoms with van der Waals surface area (Å²) >= 11 is 0. The molecular formula is C16H25FN2. The zero-order valence-electron chi connectivity index (χ0n) is 11.8. The predicted octanol–water partition coefficient (Wildman–Crippen LogP) is 3.48. The molecule has 2 N–H and O–H groups in total. The highest BCUT2D eigenvalue weighted by atomic mass is 19.1. The summed E-state index contributed by atoms with van der Waals surface area (Å²) in [6.07, 6.45) is 6.59. The maximum atomic E-state index is 13.2. The number of hydrogen-bond acceptors (Lipinski definition) is 2. The number of halogens is 1. The molecule has 0 aromatic heterocycles. The van der Waals surface area contributed by atoms with E-state index >= 15 is 0 Å². The number of likely N-dealkylation sites (N-methyl/N-ethyl adjacent to an activating group) is 1. The average Bonchev–Trinajstić information content (AvgIpc) is 2.45. The van der Waals surface area contributed by atoms with Gasteiger partial charge in [0, 0.05) is 18.6 Å². The minimum Gasteiger partial charge on any atom is -0.323 e. The quantitative estimate of drug-likeness (QED) is 0.882. The molecular weight excluding hydrogens is 239 g/mol. The lowest BCUT2D eigenvalue weighted by Gasteiger charge is -2.35. The van der Waals surface area contributed by atoms with Crippen LogP contribution in [0.1, 0.15) is 50.6 Å². The van der Waals surface area contributed by atoms with Crippen molar-refractivity contribution in [1.29, 1.82) is 0 Å². The first-order valence-corrected chi connectivity index (χ1v) is 7.45. The van der Waals surface area contributed by atoms with E-state index in [0.29, 0.717) is 6.04 Å². The highest BCUT2D eigenvalue weighted by Gasteiger charge is 2.22. The Kier molecular flexibility index (Phi) is 5.34. The predicted molar refractivity (Wildman–Crippen MR) is 77.4 cm³/mol. The van der Waals surface area contributed by atoms with E-state index < -0.39 is 0 Å². The maximum Gasteiger partial charge on any atom is 0.123 e. The van der Waals surface area contributed by atoms with E-state index in [4.69, 9.17) is 5.73 Å². The number of hydrogen-bond donors (Lipinski definition) is 1. The molecule has 2 rings (SSSR count). The summed E-state index contributed by atoms with van der Waals surface area (Å²) in [5, 5.41) is 0. The van der Waals surface area contributed by atoms with Crippen LogP contribution in [0.3, 0.4) is 0 Å². The van der Waals surface area contributed by atoms with Crippen LogP contribution in [0.2, 0.25) is 0 Å². The fourth-order valence-electron chi connectivity index (χ4n) is 3.08. The van der Waals surface area contributed by atoms with Crippen LogP contribution >= 0.6 is 0 Å². The largest absolute Gasteiger partial charge is 0.323 e. The summed E-state index contributed by atoms with van der Waals surface area (Å²) in [7, 11) is 0. The Labute approximate surface area is 115 Å². The molecule has 0 radical (unpaired) electrons. The molecule has 1 fully saturated rings. The number of nitrogens with zero attached hydrogens (tertiary/aromatic N) is 1. The van der Waals surface area contributed by atoms with Crippen LogP contribution in [0.4, 0.5) is 4.39 Å². The Bertz CT molecular complexity index is 388. The molecule has 1 aliphatic rings. The van der Waals surface area contributed by atoms with E-state index in [9.17, 15) is 4.39 Å². The zero-order valence-corrected chi connectivity index (χ0v) is 11.8. The van der Waals surface area contributed by atoms with Gasteiger partial charge in [0.2, 0.25) is 0 Å². The summed E-state index contributed by atoms with van der Waals surface area (Å²) in [5.74, 6) is -0.200. The molecule has 1 aromatic carbocycles. The van der Waals surface area contributed by atoms with Gasteiger partial charge in [-0.3, -0.25) is 4.90 Å². The average molecular weight is 264 g/mol. The molecule has 1 atom stereocenters. The monoisotopic (exact) mass is 264 g/mol. The van der Waals surface area contributed by atoms with E-state index in [0.717, 1.165) is 18.7 Å². The van der Waals surface area contributed by atoms with Crippen LogP contribution in [-0.2, 0) is 0 Å². The van der Waals surface area contributed by atoms with E-state index in [2.05, 4.69) is 11.8 Å². The molecule has 19 heavy (non-hydrogen) atoms. The second kappa shape index (κ2) is 7.01. The van der Waals surface area contributed by atoms with Crippen molar-refractivity contribution in [3.63, 3.8) is 0 Å². The Morgan fingerprint density at radius 2 is 2.05 bits per heavy atom. The van der Waals surface area contributed by atoms with Crippen molar-refractivity contribution in [2.75, 3.05) is 13.1 Å². The zero-order chi connectivity index (χ0) is 13.7. The van der Waals surface area contributed by atoms with Crippen molar-refractivity contribution in [2.24, 2.45) is 5.73 Å². The standard InChI is InChI=1S/C16H25FN2/c1-2-19(15-9-4-3-5-10-15)12-16(18)13-7-6-8-14(17)11-13/h6-8,11,15-16H,2-5,9-10,12,18H2,1H3. The third kappa shape index (κ3) is 4.02. The molecule has 1 aromatic rings. The fraction of sp³-hybridized carbons (Fsp3) is 0.625. The van der Waals surface area contributed by atoms with Crippen LogP contribution in [0.5, 0.6) is 0 Å². The van der Waals surface area contributed by atoms with Gasteiger partial charge in [0.25, 0.3) is 0 Å². The van der Waals surface area contributed by atoms with Gasteiger partial charge in [0.1, 0.15) is 5.82 Å². The lowest BCUT2D eigenvalue weighted by atomic mass is 9.93. The summed E-state index contributed by atoms with van der Waals surface area (Å²) in [6.45, 7) is 4.03. The summed E-state index contributed by atoms with van der Waals surface area (Å²) < 4.78 is 13.2. The Hall–Kier alpha value is -0.930. The van der Waals surface area contributed by atoms with Crippen LogP contribution < -0.4 is 5.73 Å². The van der Waals surface area contributed by atoms with Crippen LogP contribution in [-0.4, -0.2) is 24.0 Å². The molecule has 0 aliphatic heterocycles. The summed E-state index contributed by atoms with van der Waals surface area (Å²) in [4.78, 5) is 2.47. The highest BCUT2D eigenvalue weighted by Crippen LogP contribution is 2.24. The Morgan fingerprint density at radius 1 is 1.32 bits per heavy atom. The van der Waals surface area contributed by atoms with E-state index in [1.807, 2.05) is 6.07 Å². The lowest BCUT2D eigenvalue weighted by molar-refractivity contribution is 0.155. The van der Waals surface area contributed by atoms with Crippen molar-refractivity contribution in [3.8, 4) is 0 Å². The molecule has 106 valence electrons. The lowest BCUT2D eigenvalue weighted by Crippen LogP contribution is -2.41. The van der Waals surface area contributed by atoms with Crippen LogP contribution in [0.15, 0.2) is 24.3 Å². The molecule has 0 saturated heterocycles. The number of nitrogens with two attached hydrogens (primary N) is 1. The third-order valence-corrected chi connectivity index (χ3v) is 4.21. The molecule has 2 nitrogen and oxygen atoms in total. The molecule has 0 bridgehead atoms. The van der Waals surface area contributed by atoms with Gasteiger partial charge >= 0.3 is 0 Å². The van der Waals surface area contributed by atoms with E-state index in [1.54, 1.807) is 12.1 Å². The van der Waals surface area contributed by atoms with Gasteiger partial charge < -0.3 is 5.73 Å². The molecule has 1 saturated carbocycles. The van der Waals surface area contributed by atoms with Gasteiger partial charge in [0.15, 0.2) is 0 Å². The smallest absolute Gasteiger partial charge is 0.123 e. The van der Waals surface area contributed by atoms with Crippen LogP contribution in [0.25, 0.3) is 0 Å². The normalized spacial score (nSPS) is 18.7. The molecule has 1 aliphatic carbocycles. The van der Waals surface area contributed by atoms with Crippen molar-refractivity contribution < 1.29 is 4.39 Å². The molecule has 0 spiro atoms. The number of rotatable bonds is 5. The summed E-state index contributed by atoms with van der Waals surface area (Å²) in [6, 6.07) is 7.24. The molecule has 1 unspecified atom stereocenters. The maximum absolute atomic E-state index is 13.2. The second-order valence-corrected chi connectivity index (χ2v) is 5.54.